The summed E-state index contributed by atoms with van der Waals surface area (Å²) in [6.45, 7) is 7.55. The molecule has 3 radical (unpaired) electrons. The summed E-state index contributed by atoms with van der Waals surface area (Å²) in [5.41, 5.74) is -0.696. The van der Waals surface area contributed by atoms with Gasteiger partial charge < -0.3 is 14.3 Å². The molecule has 1 saturated heterocycles. The fourth-order valence-electron chi connectivity index (χ4n) is 5.67. The van der Waals surface area contributed by atoms with Crippen molar-refractivity contribution in [3.05, 3.63) is 104 Å². The molecule has 1 aliphatic rings. The Kier molecular flexibility index (Phi) is 6.28. The second-order valence-corrected chi connectivity index (χ2v) is 10.1. The zero-order chi connectivity index (χ0) is 24.7. The average molecular weight is 478 g/mol. The molecule has 1 fully saturated rings. The largest absolute Gasteiger partial charge is 0.394 e. The minimum Gasteiger partial charge on any atom is -0.394 e. The lowest BCUT2D eigenvalue weighted by atomic mass is 9.56. The molecule has 0 aliphatic carbocycles. The van der Waals surface area contributed by atoms with Crippen molar-refractivity contribution < 1.29 is 14.3 Å². The van der Waals surface area contributed by atoms with E-state index in [0.29, 0.717) is 5.56 Å². The minimum atomic E-state index is -1.79. The number of nitrogens with one attached hydrogen (secondary N) is 1. The van der Waals surface area contributed by atoms with Gasteiger partial charge in [0.25, 0.3) is 22.0 Å². The molecule has 0 amide bonds. The van der Waals surface area contributed by atoms with Crippen LogP contribution in [0.2, 0.25) is 0 Å². The first-order valence-electron chi connectivity index (χ1n) is 11.2. The highest BCUT2D eigenvalue weighted by Crippen LogP contribution is 2.63. The topological polar surface area (TPSA) is 93.6 Å². The van der Waals surface area contributed by atoms with E-state index in [1.54, 1.807) is 6.92 Å². The Morgan fingerprint density at radius 2 is 1.59 bits per heavy atom. The molecule has 1 aliphatic heterocycles. The van der Waals surface area contributed by atoms with E-state index in [9.17, 15) is 14.7 Å². The molecule has 0 saturated carbocycles. The Balaban J connectivity index is 2.25. The number of aromatic amines is 1. The first kappa shape index (κ1) is 24.3. The lowest BCUT2D eigenvalue weighted by Gasteiger charge is -2.50. The van der Waals surface area contributed by atoms with Crippen molar-refractivity contribution in [3.63, 3.8) is 0 Å². The van der Waals surface area contributed by atoms with Crippen LogP contribution < -0.4 is 11.2 Å². The van der Waals surface area contributed by atoms with Gasteiger partial charge in [-0.1, -0.05) is 81.4 Å². The van der Waals surface area contributed by atoms with E-state index in [1.165, 1.54) is 10.8 Å². The van der Waals surface area contributed by atoms with Crippen LogP contribution in [0, 0.1) is 18.3 Å². The molecule has 4 rings (SSSR count). The summed E-state index contributed by atoms with van der Waals surface area (Å²) in [5, 5.41) is 10.5. The summed E-state index contributed by atoms with van der Waals surface area (Å²) >= 11 is 0. The third-order valence-electron chi connectivity index (χ3n) is 6.79. The van der Waals surface area contributed by atoms with E-state index in [4.69, 9.17) is 9.16 Å². The van der Waals surface area contributed by atoms with Gasteiger partial charge in [0.15, 0.2) is 0 Å². The molecule has 3 aromatic rings. The number of nitrogens with zero attached hydrogens (tertiary/aromatic N) is 1. The Hall–Kier alpha value is -2.78. The molecule has 8 heteroatoms. The number of benzene rings is 2. The van der Waals surface area contributed by atoms with E-state index >= 15 is 0 Å². The van der Waals surface area contributed by atoms with E-state index < -0.39 is 34.1 Å². The summed E-state index contributed by atoms with van der Waals surface area (Å²) in [5.74, 6) is -2.14. The molecular weight excluding hydrogens is 448 g/mol. The van der Waals surface area contributed by atoms with Crippen molar-refractivity contribution in [2.24, 2.45) is 11.3 Å². The molecule has 177 valence electrons. The van der Waals surface area contributed by atoms with E-state index in [-0.39, 0.29) is 12.5 Å². The van der Waals surface area contributed by atoms with Gasteiger partial charge in [0.2, 0.25) is 0 Å². The number of rotatable bonds is 5. The molecule has 2 heterocycles. The van der Waals surface area contributed by atoms with Crippen LogP contribution in [0.1, 0.15) is 37.5 Å². The molecule has 2 aromatic carbocycles. The van der Waals surface area contributed by atoms with Crippen molar-refractivity contribution in [3.8, 4) is 0 Å². The van der Waals surface area contributed by atoms with E-state index in [0.717, 1.165) is 11.1 Å². The van der Waals surface area contributed by atoms with Crippen LogP contribution in [-0.4, -0.2) is 37.9 Å². The van der Waals surface area contributed by atoms with Crippen LogP contribution in [0.5, 0.6) is 0 Å². The van der Waals surface area contributed by atoms with Gasteiger partial charge >= 0.3 is 5.69 Å². The maximum absolute atomic E-state index is 13.3. The van der Waals surface area contributed by atoms with Gasteiger partial charge in [0, 0.05) is 17.7 Å². The average Bonchev–Trinajstić information content (AvgIpc) is 3.15. The van der Waals surface area contributed by atoms with Crippen molar-refractivity contribution >= 4 is 10.5 Å². The van der Waals surface area contributed by atoms with Gasteiger partial charge in [-0.3, -0.25) is 9.78 Å². The van der Waals surface area contributed by atoms with Crippen molar-refractivity contribution in [1.82, 2.24) is 9.55 Å². The molecule has 34 heavy (non-hydrogen) atoms. The third-order valence-corrected chi connectivity index (χ3v) is 7.07. The summed E-state index contributed by atoms with van der Waals surface area (Å²) in [6, 6.07) is 19.4. The molecule has 3 atom stereocenters. The van der Waals surface area contributed by atoms with Crippen molar-refractivity contribution in [1.29, 1.82) is 0 Å². The number of aromatic nitrogens is 2. The fourth-order valence-corrected chi connectivity index (χ4v) is 5.98. The maximum Gasteiger partial charge on any atom is 0.332 e. The Labute approximate surface area is 201 Å². The van der Waals surface area contributed by atoms with Crippen molar-refractivity contribution in [2.75, 3.05) is 6.61 Å². The zero-order valence-corrected chi connectivity index (χ0v) is 20.7. The molecule has 1 aromatic heterocycles. The van der Waals surface area contributed by atoms with Gasteiger partial charge in [0.05, 0.1) is 12.7 Å². The van der Waals surface area contributed by atoms with Crippen molar-refractivity contribution in [2.45, 2.75) is 45.1 Å². The number of aliphatic hydroxyl groups excluding tert-OH is 1. The predicted octanol–water partition coefficient (Wildman–Crippen LogP) is 2.60. The zero-order valence-electron chi connectivity index (χ0n) is 19.7. The fraction of sp³-hybridized carbons (Fsp3) is 0.385. The minimum absolute atomic E-state index is 0.294. The molecule has 0 bridgehead atoms. The molecular formula is C26H29N2O5Si. The first-order chi connectivity index (χ1) is 16.1. The highest BCUT2D eigenvalue weighted by Gasteiger charge is 2.71. The second-order valence-electron chi connectivity index (χ2n) is 9.85. The number of ether oxygens (including phenoxy) is 1. The monoisotopic (exact) mass is 477 g/mol. The van der Waals surface area contributed by atoms with Gasteiger partial charge in [0.1, 0.15) is 5.41 Å². The van der Waals surface area contributed by atoms with Gasteiger partial charge in [-0.25, -0.2) is 9.36 Å². The number of hydrogen-bond acceptors (Lipinski definition) is 5. The third kappa shape index (κ3) is 3.44. The predicted molar refractivity (Wildman–Crippen MR) is 129 cm³/mol. The standard InChI is InChI=1S/C26H29N2O5Si/c1-17-15-28(23(31)27-22(17)30)26(33-34)25(18-11-7-5-8-12-18,19-13-9-6-10-14-19)21(24(2,3)4)20(16-29)32-26/h5-15,20-21,29H,16H2,1-4H3,(H,27,30,31)/t20-,21+,26+/m1/s1. The number of aryl methyl sites for hydroxylation is 1. The van der Waals surface area contributed by atoms with Crippen LogP contribution in [-0.2, 0) is 20.5 Å². The Bertz CT molecular complexity index is 1230. The summed E-state index contributed by atoms with van der Waals surface area (Å²) in [6.07, 6.45) is 0.748. The highest BCUT2D eigenvalue weighted by molar-refractivity contribution is 5.98. The lowest BCUT2D eigenvalue weighted by Crippen LogP contribution is -2.60. The Morgan fingerprint density at radius 1 is 1.06 bits per heavy atom. The van der Waals surface area contributed by atoms with E-state index in [2.05, 4.69) is 36.2 Å². The smallest absolute Gasteiger partial charge is 0.332 e. The second kappa shape index (κ2) is 8.78. The first-order valence-corrected chi connectivity index (χ1v) is 11.6. The van der Waals surface area contributed by atoms with Crippen LogP contribution in [0.3, 0.4) is 0 Å². The van der Waals surface area contributed by atoms with Crippen LogP contribution in [0.4, 0.5) is 0 Å². The van der Waals surface area contributed by atoms with E-state index in [1.807, 2.05) is 60.7 Å². The lowest BCUT2D eigenvalue weighted by molar-refractivity contribution is -0.260. The van der Waals surface area contributed by atoms with Gasteiger partial charge in [-0.05, 0) is 23.5 Å². The molecule has 0 spiro atoms. The summed E-state index contributed by atoms with van der Waals surface area (Å²) < 4.78 is 13.9. The maximum atomic E-state index is 13.3. The summed E-state index contributed by atoms with van der Waals surface area (Å²) in [4.78, 5) is 27.9. The number of H-pyrrole nitrogens is 1. The summed E-state index contributed by atoms with van der Waals surface area (Å²) in [7, 11) is 3.27. The number of hydrogen-bond donors (Lipinski definition) is 2. The normalized spacial score (nSPS) is 24.3. The van der Waals surface area contributed by atoms with Crippen LogP contribution in [0.25, 0.3) is 0 Å². The van der Waals surface area contributed by atoms with Crippen LogP contribution in [0.15, 0.2) is 76.4 Å². The SMILES string of the molecule is Cc1cn([C@]2(O[Si])O[C@H](CO)[C@@H](C(C)(C)C)C2(c2ccccc2)c2ccccc2)c(=O)[nH]c1=O. The Morgan fingerprint density at radius 3 is 2.03 bits per heavy atom. The number of aliphatic hydroxyl groups is 1. The molecule has 2 N–H and O–H groups in total. The van der Waals surface area contributed by atoms with Gasteiger partial charge in [-0.2, -0.15) is 0 Å². The van der Waals surface area contributed by atoms with Crippen LogP contribution >= 0.6 is 0 Å². The molecule has 0 unspecified atom stereocenters. The highest BCUT2D eigenvalue weighted by atomic mass is 28.2. The molecule has 7 nitrogen and oxygen atoms in total. The van der Waals surface area contributed by atoms with Gasteiger partial charge in [-0.15, -0.1) is 0 Å². The quantitative estimate of drug-likeness (QED) is 0.551.